The molecule has 3 heterocycles. The first-order valence-electron chi connectivity index (χ1n) is 8.69. The standard InChI is InChI=1S/C19H17AsN6O2/c20-18-22-11-14(12-23-18)16-9-17(28-15-3-1-2-13(8-15)10-21)25-19(24-16)26-4-6-27-7-5-26/h1-3,8-9,11-12H,4-7,20H2. The van der Waals surface area contributed by atoms with Gasteiger partial charge in [0.05, 0.1) is 0 Å². The van der Waals surface area contributed by atoms with Crippen molar-refractivity contribution in [2.75, 3.05) is 31.2 Å². The maximum atomic E-state index is 9.10. The van der Waals surface area contributed by atoms with Gasteiger partial charge in [-0.2, -0.15) is 5.26 Å². The molecule has 4 rings (SSSR count). The van der Waals surface area contributed by atoms with Crippen LogP contribution in [0, 0.1) is 11.3 Å². The first-order chi connectivity index (χ1) is 13.7. The molecule has 2 aromatic heterocycles. The van der Waals surface area contributed by atoms with Crippen LogP contribution in [0.15, 0.2) is 42.7 Å². The molecule has 1 unspecified atom stereocenters. The van der Waals surface area contributed by atoms with E-state index < -0.39 is 0 Å². The molecule has 140 valence electrons. The van der Waals surface area contributed by atoms with E-state index in [0.29, 0.717) is 55.1 Å². The van der Waals surface area contributed by atoms with Crippen LogP contribution < -0.4 is 14.2 Å². The van der Waals surface area contributed by atoms with E-state index in [2.05, 4.69) is 30.9 Å². The summed E-state index contributed by atoms with van der Waals surface area (Å²) in [7, 11) is 0. The second kappa shape index (κ2) is 8.34. The van der Waals surface area contributed by atoms with Gasteiger partial charge in [0, 0.05) is 0 Å². The van der Waals surface area contributed by atoms with Crippen molar-refractivity contribution < 1.29 is 9.47 Å². The van der Waals surface area contributed by atoms with Crippen LogP contribution in [0.2, 0.25) is 0 Å². The van der Waals surface area contributed by atoms with Crippen LogP contribution in [-0.2, 0) is 4.74 Å². The van der Waals surface area contributed by atoms with Crippen molar-refractivity contribution in [3.05, 3.63) is 48.3 Å². The molecule has 0 amide bonds. The van der Waals surface area contributed by atoms with Crippen molar-refractivity contribution in [2.45, 2.75) is 0 Å². The molecule has 1 saturated heterocycles. The van der Waals surface area contributed by atoms with E-state index in [1.54, 1.807) is 42.7 Å². The van der Waals surface area contributed by atoms with Gasteiger partial charge >= 0.3 is 165 Å². The van der Waals surface area contributed by atoms with Crippen LogP contribution in [0.1, 0.15) is 5.56 Å². The molecule has 0 bridgehead atoms. The number of rotatable bonds is 4. The van der Waals surface area contributed by atoms with Gasteiger partial charge in [0.1, 0.15) is 0 Å². The molecule has 1 aromatic carbocycles. The molecule has 28 heavy (non-hydrogen) atoms. The molecule has 1 atom stereocenters. The van der Waals surface area contributed by atoms with Crippen LogP contribution in [0.3, 0.4) is 0 Å². The zero-order valence-electron chi connectivity index (χ0n) is 14.9. The molecule has 0 aliphatic carbocycles. The Bertz CT molecular complexity index is 1020. The van der Waals surface area contributed by atoms with Crippen molar-refractivity contribution in [3.8, 4) is 29.0 Å². The fourth-order valence-corrected chi connectivity index (χ4v) is 3.05. The normalized spacial score (nSPS) is 13.8. The summed E-state index contributed by atoms with van der Waals surface area (Å²) in [5.41, 5.74) is 1.98. The Morgan fingerprint density at radius 3 is 2.64 bits per heavy atom. The van der Waals surface area contributed by atoms with Crippen molar-refractivity contribution in [1.82, 2.24) is 19.9 Å². The first kappa shape index (κ1) is 18.4. The first-order valence-corrected chi connectivity index (χ1v) is 9.90. The predicted molar refractivity (Wildman–Crippen MR) is 105 cm³/mol. The number of anilines is 1. The Kier molecular flexibility index (Phi) is 5.47. The minimum atomic E-state index is 0.395. The van der Waals surface area contributed by atoms with Crippen molar-refractivity contribution in [3.63, 3.8) is 0 Å². The van der Waals surface area contributed by atoms with Crippen molar-refractivity contribution in [1.29, 1.82) is 5.26 Å². The Hall–Kier alpha value is -3.01. The molecule has 9 heteroatoms. The van der Waals surface area contributed by atoms with Gasteiger partial charge in [-0.3, -0.25) is 0 Å². The van der Waals surface area contributed by atoms with E-state index in [1.807, 2.05) is 0 Å². The van der Waals surface area contributed by atoms with E-state index >= 15 is 0 Å². The van der Waals surface area contributed by atoms with Crippen molar-refractivity contribution in [2.24, 2.45) is 0 Å². The molecule has 8 nitrogen and oxygen atoms in total. The molecule has 0 saturated carbocycles. The maximum absolute atomic E-state index is 9.10. The summed E-state index contributed by atoms with van der Waals surface area (Å²) in [6.07, 6.45) is 3.49. The Balaban J connectivity index is 1.72. The van der Waals surface area contributed by atoms with Gasteiger partial charge in [-0.15, -0.1) is 0 Å². The second-order valence-electron chi connectivity index (χ2n) is 6.06. The number of nitrogens with zero attached hydrogens (tertiary/aromatic N) is 6. The van der Waals surface area contributed by atoms with Crippen molar-refractivity contribution >= 4 is 27.4 Å². The monoisotopic (exact) mass is 436 g/mol. The summed E-state index contributed by atoms with van der Waals surface area (Å²) in [6.45, 7) is 2.67. The molecular weight excluding hydrogens is 419 g/mol. The number of morpholine rings is 1. The van der Waals surface area contributed by atoms with Gasteiger partial charge in [0.25, 0.3) is 0 Å². The number of ether oxygens (including phenoxy) is 2. The third-order valence-corrected chi connectivity index (χ3v) is 4.76. The van der Waals surface area contributed by atoms with Crippen LogP contribution in [0.5, 0.6) is 11.6 Å². The third kappa shape index (κ3) is 4.28. The third-order valence-electron chi connectivity index (χ3n) is 4.14. The summed E-state index contributed by atoms with van der Waals surface area (Å²) in [6, 6.07) is 10.8. The molecule has 0 spiro atoms. The van der Waals surface area contributed by atoms with E-state index in [9.17, 15) is 0 Å². The van der Waals surface area contributed by atoms with Crippen LogP contribution in [0.25, 0.3) is 11.3 Å². The summed E-state index contributed by atoms with van der Waals surface area (Å²) >= 11 is 1.36. The molecule has 0 radical (unpaired) electrons. The van der Waals surface area contributed by atoms with E-state index in [-0.39, 0.29) is 0 Å². The van der Waals surface area contributed by atoms with Gasteiger partial charge in [0.15, 0.2) is 0 Å². The van der Waals surface area contributed by atoms with E-state index in [4.69, 9.17) is 14.7 Å². The minimum absolute atomic E-state index is 0.395. The Labute approximate surface area is 170 Å². The molecule has 1 aliphatic rings. The average Bonchev–Trinajstić information content (AvgIpc) is 2.75. The quantitative estimate of drug-likeness (QED) is 0.552. The van der Waals surface area contributed by atoms with Crippen LogP contribution >= 0.6 is 0 Å². The van der Waals surface area contributed by atoms with Gasteiger partial charge in [0.2, 0.25) is 0 Å². The van der Waals surface area contributed by atoms with Gasteiger partial charge < -0.3 is 0 Å². The van der Waals surface area contributed by atoms with Gasteiger partial charge in [-0.1, -0.05) is 0 Å². The SMILES string of the molecule is N#Cc1cccc(Oc2cc(-c3cnc([AsH2])nc3)nc(N3CCOCC3)n2)c1. The summed E-state index contributed by atoms with van der Waals surface area (Å²) in [5.74, 6) is 1.50. The molecular formula is C19H17AsN6O2. The summed E-state index contributed by atoms with van der Waals surface area (Å²) in [5, 5.41) is 9.10. The number of aromatic nitrogens is 4. The summed E-state index contributed by atoms with van der Waals surface area (Å²) < 4.78 is 12.1. The van der Waals surface area contributed by atoms with E-state index in [0.717, 1.165) is 10.2 Å². The van der Waals surface area contributed by atoms with Gasteiger partial charge in [-0.05, 0) is 0 Å². The summed E-state index contributed by atoms with van der Waals surface area (Å²) in [4.78, 5) is 19.9. The Morgan fingerprint density at radius 2 is 1.89 bits per heavy atom. The fraction of sp³-hybridized carbons (Fsp3) is 0.211. The zero-order valence-corrected chi connectivity index (χ0v) is 17.4. The number of nitriles is 1. The van der Waals surface area contributed by atoms with E-state index in [1.165, 1.54) is 16.9 Å². The topological polar surface area (TPSA) is 97.0 Å². The molecule has 0 N–H and O–H groups in total. The average molecular weight is 436 g/mol. The second-order valence-corrected chi connectivity index (χ2v) is 7.15. The van der Waals surface area contributed by atoms with Crippen LogP contribution in [-0.4, -0.2) is 63.1 Å². The van der Waals surface area contributed by atoms with Gasteiger partial charge in [-0.25, -0.2) is 0 Å². The fourth-order valence-electron chi connectivity index (χ4n) is 2.74. The number of hydrogen-bond donors (Lipinski definition) is 0. The number of benzene rings is 1. The molecule has 3 aromatic rings. The Morgan fingerprint density at radius 1 is 1.11 bits per heavy atom. The molecule has 1 aliphatic heterocycles. The number of hydrogen-bond acceptors (Lipinski definition) is 8. The van der Waals surface area contributed by atoms with Crippen LogP contribution in [0.4, 0.5) is 5.95 Å². The zero-order chi connectivity index (χ0) is 19.3. The molecule has 1 fully saturated rings. The predicted octanol–water partition coefficient (Wildman–Crippen LogP) is 0.693.